The van der Waals surface area contributed by atoms with Crippen molar-refractivity contribution < 1.29 is 4.79 Å². The molecule has 0 saturated carbocycles. The normalized spacial score (nSPS) is 16.1. The number of carbonyl (C=O) groups is 1. The summed E-state index contributed by atoms with van der Waals surface area (Å²) in [7, 11) is 0. The average Bonchev–Trinajstić information content (AvgIpc) is 3.17. The second-order valence-corrected chi connectivity index (χ2v) is 8.01. The van der Waals surface area contributed by atoms with Crippen molar-refractivity contribution in [3.8, 4) is 0 Å². The van der Waals surface area contributed by atoms with Crippen molar-refractivity contribution in [2.45, 2.75) is 19.4 Å². The van der Waals surface area contributed by atoms with Crippen LogP contribution >= 0.6 is 11.6 Å². The predicted molar refractivity (Wildman–Crippen MR) is 120 cm³/mol. The van der Waals surface area contributed by atoms with E-state index >= 15 is 0 Å². The first-order valence-corrected chi connectivity index (χ1v) is 10.6. The first kappa shape index (κ1) is 19.8. The van der Waals surface area contributed by atoms with Crippen LogP contribution in [-0.4, -0.2) is 54.6 Å². The molecule has 2 N–H and O–H groups in total. The zero-order valence-electron chi connectivity index (χ0n) is 16.7. The maximum absolute atomic E-state index is 12.6. The van der Waals surface area contributed by atoms with Crippen LogP contribution in [0, 0.1) is 0 Å². The number of carbonyl (C=O) groups excluding carboxylic acids is 1. The number of hydrogen-bond donors (Lipinski definition) is 2. The third-order valence-electron chi connectivity index (χ3n) is 5.80. The number of halogens is 1. The monoisotopic (exact) mass is 410 g/mol. The highest BCUT2D eigenvalue weighted by molar-refractivity contribution is 6.30. The molecule has 2 aromatic carbocycles. The van der Waals surface area contributed by atoms with Crippen molar-refractivity contribution in [2.75, 3.05) is 37.6 Å². The summed E-state index contributed by atoms with van der Waals surface area (Å²) in [5.41, 5.74) is 3.57. The number of para-hydroxylation sites is 1. The molecule has 1 unspecified atom stereocenters. The van der Waals surface area contributed by atoms with E-state index in [4.69, 9.17) is 11.6 Å². The van der Waals surface area contributed by atoms with Crippen LogP contribution in [0.4, 0.5) is 5.69 Å². The van der Waals surface area contributed by atoms with Crippen molar-refractivity contribution in [3.05, 3.63) is 65.3 Å². The van der Waals surface area contributed by atoms with Gasteiger partial charge >= 0.3 is 0 Å². The number of amides is 1. The smallest absolute Gasteiger partial charge is 0.237 e. The number of benzene rings is 2. The SMILES string of the molecule is CC(C(=O)NCCc1c[nH]c2ccccc12)N1CCN(c2ccc(Cl)cc2)CC1. The van der Waals surface area contributed by atoms with Crippen molar-refractivity contribution >= 4 is 34.1 Å². The summed E-state index contributed by atoms with van der Waals surface area (Å²) in [6.07, 6.45) is 2.86. The fourth-order valence-corrected chi connectivity index (χ4v) is 4.12. The molecule has 1 amide bonds. The fraction of sp³-hybridized carbons (Fsp3) is 0.348. The van der Waals surface area contributed by atoms with Crippen molar-refractivity contribution in [1.82, 2.24) is 15.2 Å². The van der Waals surface area contributed by atoms with Gasteiger partial charge in [0, 0.05) is 60.5 Å². The zero-order chi connectivity index (χ0) is 20.2. The first-order chi connectivity index (χ1) is 14.1. The minimum atomic E-state index is -0.120. The van der Waals surface area contributed by atoms with Crippen LogP contribution < -0.4 is 10.2 Å². The molecule has 1 aliphatic heterocycles. The second kappa shape index (κ2) is 8.89. The number of rotatable bonds is 6. The van der Waals surface area contributed by atoms with E-state index in [0.717, 1.165) is 43.1 Å². The molecule has 2 heterocycles. The van der Waals surface area contributed by atoms with Gasteiger partial charge in [-0.15, -0.1) is 0 Å². The van der Waals surface area contributed by atoms with Gasteiger partial charge in [-0.25, -0.2) is 0 Å². The molecule has 29 heavy (non-hydrogen) atoms. The van der Waals surface area contributed by atoms with E-state index in [1.54, 1.807) is 0 Å². The summed E-state index contributed by atoms with van der Waals surface area (Å²) in [6.45, 7) is 6.22. The quantitative estimate of drug-likeness (QED) is 0.651. The molecule has 0 spiro atoms. The van der Waals surface area contributed by atoms with E-state index in [-0.39, 0.29) is 11.9 Å². The zero-order valence-corrected chi connectivity index (χ0v) is 17.5. The molecule has 3 aromatic rings. The second-order valence-electron chi connectivity index (χ2n) is 7.58. The summed E-state index contributed by atoms with van der Waals surface area (Å²) in [6, 6.07) is 16.1. The van der Waals surface area contributed by atoms with Crippen LogP contribution in [0.15, 0.2) is 54.7 Å². The van der Waals surface area contributed by atoms with Gasteiger partial charge in [0.1, 0.15) is 0 Å². The standard InChI is InChI=1S/C23H27ClN4O/c1-17(27-12-14-28(15-13-27)20-8-6-19(24)7-9-20)23(29)25-11-10-18-16-26-22-5-3-2-4-21(18)22/h2-9,16-17,26H,10-15H2,1H3,(H,25,29). The molecule has 1 fully saturated rings. The maximum atomic E-state index is 12.6. The number of H-pyrrole nitrogens is 1. The Morgan fingerprint density at radius 2 is 1.83 bits per heavy atom. The Kier molecular flexibility index (Phi) is 6.07. The lowest BCUT2D eigenvalue weighted by atomic mass is 10.1. The Morgan fingerprint density at radius 3 is 2.59 bits per heavy atom. The Hall–Kier alpha value is -2.50. The van der Waals surface area contributed by atoms with Gasteiger partial charge in [0.2, 0.25) is 5.91 Å². The van der Waals surface area contributed by atoms with Crippen LogP contribution in [-0.2, 0) is 11.2 Å². The van der Waals surface area contributed by atoms with Crippen LogP contribution in [0.5, 0.6) is 0 Å². The third-order valence-corrected chi connectivity index (χ3v) is 6.05. The number of anilines is 1. The van der Waals surface area contributed by atoms with Crippen molar-refractivity contribution in [1.29, 1.82) is 0 Å². The molecule has 152 valence electrons. The van der Waals surface area contributed by atoms with Crippen LogP contribution in [0.25, 0.3) is 10.9 Å². The van der Waals surface area contributed by atoms with Crippen molar-refractivity contribution in [2.24, 2.45) is 0 Å². The van der Waals surface area contributed by atoms with Crippen LogP contribution in [0.3, 0.4) is 0 Å². The van der Waals surface area contributed by atoms with E-state index < -0.39 is 0 Å². The van der Waals surface area contributed by atoms with Gasteiger partial charge in [0.15, 0.2) is 0 Å². The summed E-state index contributed by atoms with van der Waals surface area (Å²) >= 11 is 5.98. The van der Waals surface area contributed by atoms with Gasteiger partial charge < -0.3 is 15.2 Å². The predicted octanol–water partition coefficient (Wildman–Crippen LogP) is 3.69. The molecule has 1 atom stereocenters. The number of nitrogens with one attached hydrogen (secondary N) is 2. The molecule has 1 saturated heterocycles. The molecule has 0 aliphatic carbocycles. The summed E-state index contributed by atoms with van der Waals surface area (Å²) in [5, 5.41) is 5.09. The molecule has 1 aliphatic rings. The topological polar surface area (TPSA) is 51.4 Å². The molecule has 0 bridgehead atoms. The fourth-order valence-electron chi connectivity index (χ4n) is 3.99. The van der Waals surface area contributed by atoms with Gasteiger partial charge in [0.25, 0.3) is 0 Å². The summed E-state index contributed by atoms with van der Waals surface area (Å²) < 4.78 is 0. The summed E-state index contributed by atoms with van der Waals surface area (Å²) in [5.74, 6) is 0.102. The molecule has 4 rings (SSSR count). The molecule has 5 nitrogen and oxygen atoms in total. The molecular weight excluding hydrogens is 384 g/mol. The van der Waals surface area contributed by atoms with Crippen LogP contribution in [0.2, 0.25) is 5.02 Å². The Bertz CT molecular complexity index is 960. The van der Waals surface area contributed by atoms with Gasteiger partial charge in [0.05, 0.1) is 6.04 Å². The highest BCUT2D eigenvalue weighted by Gasteiger charge is 2.25. The van der Waals surface area contributed by atoms with Crippen LogP contribution in [0.1, 0.15) is 12.5 Å². The number of fused-ring (bicyclic) bond motifs is 1. The number of nitrogens with zero attached hydrogens (tertiary/aromatic N) is 2. The van der Waals surface area contributed by atoms with Crippen molar-refractivity contribution in [3.63, 3.8) is 0 Å². The lowest BCUT2D eigenvalue weighted by molar-refractivity contribution is -0.125. The first-order valence-electron chi connectivity index (χ1n) is 10.2. The number of aromatic nitrogens is 1. The maximum Gasteiger partial charge on any atom is 0.237 e. The third kappa shape index (κ3) is 4.57. The van der Waals surface area contributed by atoms with Gasteiger partial charge in [-0.2, -0.15) is 0 Å². The Balaban J connectivity index is 1.25. The largest absolute Gasteiger partial charge is 0.369 e. The lowest BCUT2D eigenvalue weighted by Gasteiger charge is -2.38. The highest BCUT2D eigenvalue weighted by Crippen LogP contribution is 2.20. The molecule has 0 radical (unpaired) electrons. The molecule has 1 aromatic heterocycles. The lowest BCUT2D eigenvalue weighted by Crippen LogP contribution is -2.54. The van der Waals surface area contributed by atoms with E-state index in [9.17, 15) is 4.79 Å². The number of piperazine rings is 1. The Labute approximate surface area is 176 Å². The van der Waals surface area contributed by atoms with E-state index in [1.165, 1.54) is 16.6 Å². The minimum Gasteiger partial charge on any atom is -0.369 e. The van der Waals surface area contributed by atoms with E-state index in [0.29, 0.717) is 6.54 Å². The van der Waals surface area contributed by atoms with E-state index in [1.807, 2.05) is 37.4 Å². The number of aromatic amines is 1. The summed E-state index contributed by atoms with van der Waals surface area (Å²) in [4.78, 5) is 20.5. The van der Waals surface area contributed by atoms with Gasteiger partial charge in [-0.1, -0.05) is 29.8 Å². The Morgan fingerprint density at radius 1 is 1.10 bits per heavy atom. The molecular formula is C23H27ClN4O. The van der Waals surface area contributed by atoms with Gasteiger partial charge in [-0.3, -0.25) is 9.69 Å². The molecule has 6 heteroatoms. The van der Waals surface area contributed by atoms with Gasteiger partial charge in [-0.05, 0) is 49.2 Å². The number of hydrogen-bond acceptors (Lipinski definition) is 3. The highest BCUT2D eigenvalue weighted by atomic mass is 35.5. The minimum absolute atomic E-state index is 0.102. The van der Waals surface area contributed by atoms with E-state index in [2.05, 4.69) is 44.4 Å². The average molecular weight is 411 g/mol.